The van der Waals surface area contributed by atoms with Gasteiger partial charge in [-0.05, 0) is 36.4 Å². The fourth-order valence-corrected chi connectivity index (χ4v) is 3.04. The van der Waals surface area contributed by atoms with E-state index in [0.717, 1.165) is 11.0 Å². The van der Waals surface area contributed by atoms with Crippen LogP contribution in [-0.2, 0) is 6.18 Å². The number of rotatable bonds is 5. The maximum Gasteiger partial charge on any atom is 0.416 e. The Bertz CT molecular complexity index is 951. The van der Waals surface area contributed by atoms with Gasteiger partial charge in [-0.3, -0.25) is 0 Å². The van der Waals surface area contributed by atoms with Crippen molar-refractivity contribution in [1.29, 1.82) is 0 Å². The van der Waals surface area contributed by atoms with Crippen LogP contribution < -0.4 is 10.1 Å². The number of ether oxygens (including phenoxy) is 1. The first kappa shape index (κ1) is 18.8. The van der Waals surface area contributed by atoms with Crippen LogP contribution in [0.15, 0.2) is 64.6 Å². The van der Waals surface area contributed by atoms with E-state index in [-0.39, 0.29) is 11.6 Å². The van der Waals surface area contributed by atoms with Crippen molar-refractivity contribution in [2.45, 2.75) is 16.1 Å². The Labute approximate surface area is 157 Å². The molecule has 0 spiro atoms. The third-order valence-corrected chi connectivity index (χ3v) is 4.32. The number of nitrogens with zero attached hydrogens (tertiary/aromatic N) is 2. The molecule has 1 aromatic heterocycles. The molecule has 0 atom stereocenters. The second kappa shape index (κ2) is 7.75. The first-order valence-corrected chi connectivity index (χ1v) is 8.48. The van der Waals surface area contributed by atoms with Crippen LogP contribution >= 0.6 is 11.8 Å². The number of hydrogen-bond donors (Lipinski definition) is 2. The minimum absolute atomic E-state index is 0.0332. The monoisotopic (exact) mass is 393 g/mol. The van der Waals surface area contributed by atoms with Gasteiger partial charge < -0.3 is 15.2 Å². The molecule has 2 aromatic carbocycles. The van der Waals surface area contributed by atoms with Crippen LogP contribution in [0.2, 0.25) is 0 Å². The van der Waals surface area contributed by atoms with Gasteiger partial charge in [-0.1, -0.05) is 17.8 Å². The molecule has 0 fully saturated rings. The third kappa shape index (κ3) is 5.04. The highest BCUT2D eigenvalue weighted by Gasteiger charge is 2.31. The zero-order valence-corrected chi connectivity index (χ0v) is 14.8. The lowest BCUT2D eigenvalue weighted by Gasteiger charge is -2.11. The van der Waals surface area contributed by atoms with E-state index >= 15 is 0 Å². The minimum Gasteiger partial charge on any atom is -0.508 e. The molecule has 0 aliphatic heterocycles. The standard InChI is InChI=1S/C18H14F3N3O2S/c1-26-14-3-2-4-15(10-14)27-16-5-6-22-17(24-16)23-12-7-11(18(19,20)21)8-13(25)9-12/h2-10,25H,1H3,(H,22,23,24). The van der Waals surface area contributed by atoms with Crippen molar-refractivity contribution in [3.8, 4) is 11.5 Å². The van der Waals surface area contributed by atoms with Crippen molar-refractivity contribution >= 4 is 23.4 Å². The number of aromatic nitrogens is 2. The average molecular weight is 393 g/mol. The van der Waals surface area contributed by atoms with Crippen LogP contribution in [0.3, 0.4) is 0 Å². The third-order valence-electron chi connectivity index (χ3n) is 3.39. The van der Waals surface area contributed by atoms with Gasteiger partial charge in [-0.15, -0.1) is 0 Å². The topological polar surface area (TPSA) is 67.3 Å². The van der Waals surface area contributed by atoms with Gasteiger partial charge in [0.15, 0.2) is 0 Å². The Morgan fingerprint density at radius 3 is 2.67 bits per heavy atom. The predicted molar refractivity (Wildman–Crippen MR) is 95.5 cm³/mol. The van der Waals surface area contributed by atoms with Gasteiger partial charge in [-0.2, -0.15) is 13.2 Å². The zero-order valence-electron chi connectivity index (χ0n) is 14.0. The summed E-state index contributed by atoms with van der Waals surface area (Å²) in [7, 11) is 1.57. The number of benzene rings is 2. The SMILES string of the molecule is COc1cccc(Sc2ccnc(Nc3cc(O)cc(C(F)(F)F)c3)n2)c1. The summed E-state index contributed by atoms with van der Waals surface area (Å²) in [4.78, 5) is 9.17. The number of alkyl halides is 3. The Balaban J connectivity index is 1.81. The van der Waals surface area contributed by atoms with Crippen LogP contribution in [0, 0.1) is 0 Å². The van der Waals surface area contributed by atoms with Gasteiger partial charge >= 0.3 is 6.18 Å². The lowest BCUT2D eigenvalue weighted by molar-refractivity contribution is -0.137. The van der Waals surface area contributed by atoms with Gasteiger partial charge in [0.25, 0.3) is 0 Å². The summed E-state index contributed by atoms with van der Waals surface area (Å²) in [5, 5.41) is 12.8. The maximum absolute atomic E-state index is 12.9. The zero-order chi connectivity index (χ0) is 19.4. The van der Waals surface area contributed by atoms with E-state index in [4.69, 9.17) is 4.74 Å². The Morgan fingerprint density at radius 2 is 1.93 bits per heavy atom. The number of phenolic OH excluding ortho intramolecular Hbond substituents is 1. The van der Waals surface area contributed by atoms with E-state index < -0.39 is 17.5 Å². The maximum atomic E-state index is 12.9. The Hall–Kier alpha value is -2.94. The van der Waals surface area contributed by atoms with Crippen LogP contribution in [-0.4, -0.2) is 22.2 Å². The van der Waals surface area contributed by atoms with Crippen molar-refractivity contribution in [3.63, 3.8) is 0 Å². The van der Waals surface area contributed by atoms with Crippen molar-refractivity contribution in [1.82, 2.24) is 9.97 Å². The molecule has 3 rings (SSSR count). The number of nitrogens with one attached hydrogen (secondary N) is 1. The van der Waals surface area contributed by atoms with Crippen LogP contribution in [0.25, 0.3) is 0 Å². The molecule has 0 aliphatic rings. The molecule has 5 nitrogen and oxygen atoms in total. The normalized spacial score (nSPS) is 11.3. The van der Waals surface area contributed by atoms with Crippen molar-refractivity contribution in [2.75, 3.05) is 12.4 Å². The molecule has 3 aromatic rings. The van der Waals surface area contributed by atoms with E-state index in [9.17, 15) is 18.3 Å². The Morgan fingerprint density at radius 1 is 1.11 bits per heavy atom. The summed E-state index contributed by atoms with van der Waals surface area (Å²) < 4.78 is 43.8. The minimum atomic E-state index is -4.57. The second-order valence-electron chi connectivity index (χ2n) is 5.39. The van der Waals surface area contributed by atoms with E-state index in [2.05, 4.69) is 15.3 Å². The fourth-order valence-electron chi connectivity index (χ4n) is 2.22. The van der Waals surface area contributed by atoms with Crippen LogP contribution in [0.1, 0.15) is 5.56 Å². The molecule has 140 valence electrons. The molecule has 0 amide bonds. The summed E-state index contributed by atoms with van der Waals surface area (Å²) in [5.74, 6) is 0.308. The average Bonchev–Trinajstić information content (AvgIpc) is 2.61. The molecule has 0 bridgehead atoms. The molecule has 0 saturated carbocycles. The Kier molecular flexibility index (Phi) is 5.41. The van der Waals surface area contributed by atoms with Gasteiger partial charge in [-0.25, -0.2) is 9.97 Å². The highest BCUT2D eigenvalue weighted by atomic mass is 32.2. The number of hydrogen-bond acceptors (Lipinski definition) is 6. The number of phenols is 1. The van der Waals surface area contributed by atoms with E-state index in [1.807, 2.05) is 24.3 Å². The lowest BCUT2D eigenvalue weighted by Crippen LogP contribution is -2.06. The summed E-state index contributed by atoms with van der Waals surface area (Å²) in [6, 6.07) is 11.8. The highest BCUT2D eigenvalue weighted by Crippen LogP contribution is 2.34. The molecule has 0 saturated heterocycles. The summed E-state index contributed by atoms with van der Waals surface area (Å²) in [6.07, 6.45) is -3.08. The van der Waals surface area contributed by atoms with Gasteiger partial charge in [0.2, 0.25) is 5.95 Å². The largest absolute Gasteiger partial charge is 0.508 e. The predicted octanol–water partition coefficient (Wildman–Crippen LogP) is 5.10. The molecular weight excluding hydrogens is 379 g/mol. The van der Waals surface area contributed by atoms with E-state index in [1.54, 1.807) is 13.2 Å². The van der Waals surface area contributed by atoms with E-state index in [1.165, 1.54) is 24.0 Å². The molecule has 2 N–H and O–H groups in total. The number of aromatic hydroxyl groups is 1. The lowest BCUT2D eigenvalue weighted by atomic mass is 10.2. The van der Waals surface area contributed by atoms with Crippen molar-refractivity contribution < 1.29 is 23.0 Å². The molecule has 0 radical (unpaired) electrons. The molecule has 0 unspecified atom stereocenters. The van der Waals surface area contributed by atoms with Crippen LogP contribution in [0.4, 0.5) is 24.8 Å². The molecule has 0 aliphatic carbocycles. The number of anilines is 2. The highest BCUT2D eigenvalue weighted by molar-refractivity contribution is 7.99. The second-order valence-corrected chi connectivity index (χ2v) is 6.48. The van der Waals surface area contributed by atoms with Gasteiger partial charge in [0, 0.05) is 22.8 Å². The summed E-state index contributed by atoms with van der Waals surface area (Å²) >= 11 is 1.35. The number of methoxy groups -OCH3 is 1. The first-order valence-electron chi connectivity index (χ1n) is 7.67. The van der Waals surface area contributed by atoms with E-state index in [0.29, 0.717) is 16.8 Å². The van der Waals surface area contributed by atoms with Crippen molar-refractivity contribution in [3.05, 3.63) is 60.3 Å². The van der Waals surface area contributed by atoms with Crippen molar-refractivity contribution in [2.24, 2.45) is 0 Å². The van der Waals surface area contributed by atoms with Gasteiger partial charge in [0.1, 0.15) is 16.5 Å². The quantitative estimate of drug-likeness (QED) is 0.588. The molecule has 27 heavy (non-hydrogen) atoms. The molecular formula is C18H14F3N3O2S. The van der Waals surface area contributed by atoms with Gasteiger partial charge in [0.05, 0.1) is 12.7 Å². The fraction of sp³-hybridized carbons (Fsp3) is 0.111. The van der Waals surface area contributed by atoms with Crippen LogP contribution in [0.5, 0.6) is 11.5 Å². The first-order chi connectivity index (χ1) is 12.8. The summed E-state index contributed by atoms with van der Waals surface area (Å²) in [6.45, 7) is 0. The smallest absolute Gasteiger partial charge is 0.416 e. The molecule has 9 heteroatoms. The molecule has 1 heterocycles. The summed E-state index contributed by atoms with van der Waals surface area (Å²) in [5.41, 5.74) is -0.933. The number of halogens is 3.